The van der Waals surface area contributed by atoms with Crippen LogP contribution in [0.1, 0.15) is 6.92 Å². The van der Waals surface area contributed by atoms with Crippen LogP contribution in [0.2, 0.25) is 0 Å². The predicted molar refractivity (Wildman–Crippen MR) is 24.7 cm³/mol. The Morgan fingerprint density at radius 1 is 1.86 bits per heavy atom. The normalized spacial score (nSPS) is 9.43. The van der Waals surface area contributed by atoms with Crippen LogP contribution in [0.25, 0.3) is 0 Å². The van der Waals surface area contributed by atoms with Crippen LogP contribution in [0.4, 0.5) is 0 Å². The fraction of sp³-hybridized carbons (Fsp3) is 0.250. The summed E-state index contributed by atoms with van der Waals surface area (Å²) in [4.78, 5) is 9.96. The molecule has 3 nitrogen and oxygen atoms in total. The largest absolute Gasteiger partial charge is 0.288 e. The van der Waals surface area contributed by atoms with Gasteiger partial charge in [0, 0.05) is 6.08 Å². The van der Waals surface area contributed by atoms with E-state index in [1.54, 1.807) is 6.92 Å². The summed E-state index contributed by atoms with van der Waals surface area (Å²) in [5, 5.41) is 7.82. The van der Waals surface area contributed by atoms with Crippen LogP contribution < -0.4 is 5.48 Å². The van der Waals surface area contributed by atoms with Crippen molar-refractivity contribution >= 4 is 5.91 Å². The number of nitrogens with one attached hydrogen (secondary N) is 1. The average molecular weight is 101 g/mol. The summed E-state index contributed by atoms with van der Waals surface area (Å²) in [6.07, 6.45) is 2.76. The van der Waals surface area contributed by atoms with E-state index in [2.05, 4.69) is 0 Å². The Kier molecular flexibility index (Phi) is 2.96. The molecule has 0 saturated heterocycles. The molecule has 0 fully saturated rings. The lowest BCUT2D eigenvalue weighted by molar-refractivity contribution is -0.124. The Bertz CT molecular complexity index is 87.7. The predicted octanol–water partition coefficient (Wildman–Crippen LogP) is 0.0679. The van der Waals surface area contributed by atoms with Gasteiger partial charge in [0.2, 0.25) is 0 Å². The second-order valence-corrected chi connectivity index (χ2v) is 0.976. The lowest BCUT2D eigenvalue weighted by atomic mass is 10.5. The van der Waals surface area contributed by atoms with Crippen molar-refractivity contribution < 1.29 is 10.0 Å². The van der Waals surface area contributed by atoms with Crippen LogP contribution in [-0.2, 0) is 4.79 Å². The van der Waals surface area contributed by atoms with Crippen molar-refractivity contribution in [2.24, 2.45) is 0 Å². The van der Waals surface area contributed by atoms with E-state index in [-0.39, 0.29) is 0 Å². The van der Waals surface area contributed by atoms with Crippen molar-refractivity contribution in [1.29, 1.82) is 0 Å². The maximum Gasteiger partial charge on any atom is 0.267 e. The summed E-state index contributed by atoms with van der Waals surface area (Å²) in [5.41, 5.74) is 1.44. The maximum atomic E-state index is 9.96. The molecule has 0 heterocycles. The van der Waals surface area contributed by atoms with E-state index in [9.17, 15) is 4.79 Å². The molecule has 0 aromatic rings. The quantitative estimate of drug-likeness (QED) is 0.279. The van der Waals surface area contributed by atoms with Crippen LogP contribution in [0.3, 0.4) is 0 Å². The highest BCUT2D eigenvalue weighted by molar-refractivity contribution is 5.86. The van der Waals surface area contributed by atoms with Gasteiger partial charge < -0.3 is 0 Å². The molecule has 0 aliphatic heterocycles. The maximum absolute atomic E-state index is 9.96. The zero-order valence-corrected chi connectivity index (χ0v) is 4.01. The topological polar surface area (TPSA) is 49.3 Å². The van der Waals surface area contributed by atoms with E-state index in [1.807, 2.05) is 0 Å². The van der Waals surface area contributed by atoms with Crippen LogP contribution in [0.15, 0.2) is 12.2 Å². The molecule has 40 valence electrons. The Labute approximate surface area is 41.6 Å². The van der Waals surface area contributed by atoms with Gasteiger partial charge in [-0.25, -0.2) is 5.48 Å². The lowest BCUT2D eigenvalue weighted by Gasteiger charge is -1.83. The molecule has 3 heteroatoms. The number of hydroxylamine groups is 1. The summed E-state index contributed by atoms with van der Waals surface area (Å²) < 4.78 is 0. The molecule has 0 unspecified atom stereocenters. The Balaban J connectivity index is 3.37. The van der Waals surface area contributed by atoms with Crippen molar-refractivity contribution in [3.63, 3.8) is 0 Å². The monoisotopic (exact) mass is 101 g/mol. The van der Waals surface area contributed by atoms with E-state index >= 15 is 0 Å². The van der Waals surface area contributed by atoms with Gasteiger partial charge in [0.25, 0.3) is 5.91 Å². The lowest BCUT2D eigenvalue weighted by Crippen LogP contribution is -2.14. The van der Waals surface area contributed by atoms with Crippen molar-refractivity contribution in [1.82, 2.24) is 5.48 Å². The van der Waals surface area contributed by atoms with Crippen LogP contribution >= 0.6 is 0 Å². The molecule has 7 heavy (non-hydrogen) atoms. The Hall–Kier alpha value is -0.830. The third-order valence-electron chi connectivity index (χ3n) is 0.428. The highest BCUT2D eigenvalue weighted by atomic mass is 16.5. The number of allylic oxidation sites excluding steroid dienone is 1. The minimum Gasteiger partial charge on any atom is -0.288 e. The van der Waals surface area contributed by atoms with Gasteiger partial charge in [-0.15, -0.1) is 0 Å². The molecule has 0 spiro atoms. The summed E-state index contributed by atoms with van der Waals surface area (Å²) in [5.74, 6) is -0.498. The SMILES string of the molecule is CC=CC(=O)NO. The van der Waals surface area contributed by atoms with Crippen molar-refractivity contribution in [2.75, 3.05) is 0 Å². The summed E-state index contributed by atoms with van der Waals surface area (Å²) in [6, 6.07) is 0. The van der Waals surface area contributed by atoms with Gasteiger partial charge >= 0.3 is 0 Å². The fourth-order valence-electron chi connectivity index (χ4n) is 0.189. The highest BCUT2D eigenvalue weighted by Gasteiger charge is 1.83. The van der Waals surface area contributed by atoms with Gasteiger partial charge in [0.15, 0.2) is 0 Å². The standard InChI is InChI=1S/C4H7NO2/c1-2-3-4(6)5-7/h2-3,7H,1H3,(H,5,6). The van der Waals surface area contributed by atoms with Crippen LogP contribution in [-0.4, -0.2) is 11.1 Å². The number of hydrogen-bond donors (Lipinski definition) is 2. The van der Waals surface area contributed by atoms with Crippen molar-refractivity contribution in [3.8, 4) is 0 Å². The van der Waals surface area contributed by atoms with Crippen molar-refractivity contribution in [2.45, 2.75) is 6.92 Å². The number of hydrogen-bond acceptors (Lipinski definition) is 2. The minimum absolute atomic E-state index is 0.498. The second kappa shape index (κ2) is 3.36. The zero-order chi connectivity index (χ0) is 5.70. The molecule has 2 N–H and O–H groups in total. The van der Waals surface area contributed by atoms with Gasteiger partial charge in [-0.05, 0) is 6.92 Å². The molecule has 0 aromatic heterocycles. The number of amides is 1. The molecular formula is C4H7NO2. The summed E-state index contributed by atoms with van der Waals surface area (Å²) in [7, 11) is 0. The minimum atomic E-state index is -0.498. The van der Waals surface area contributed by atoms with E-state index in [0.29, 0.717) is 0 Å². The third-order valence-corrected chi connectivity index (χ3v) is 0.428. The van der Waals surface area contributed by atoms with E-state index in [0.717, 1.165) is 0 Å². The molecule has 0 bridgehead atoms. The first-order chi connectivity index (χ1) is 3.31. The molecule has 0 rings (SSSR count). The number of rotatable bonds is 1. The number of carbonyl (C=O) groups excluding carboxylic acids is 1. The average Bonchev–Trinajstić information content (AvgIpc) is 1.68. The zero-order valence-electron chi connectivity index (χ0n) is 4.01. The van der Waals surface area contributed by atoms with E-state index in [1.165, 1.54) is 17.6 Å². The highest BCUT2D eigenvalue weighted by Crippen LogP contribution is 1.66. The summed E-state index contributed by atoms with van der Waals surface area (Å²) >= 11 is 0. The van der Waals surface area contributed by atoms with Crippen LogP contribution in [0, 0.1) is 0 Å². The molecular weight excluding hydrogens is 94.0 g/mol. The molecule has 0 aliphatic rings. The first-order valence-electron chi connectivity index (χ1n) is 1.88. The second-order valence-electron chi connectivity index (χ2n) is 0.976. The van der Waals surface area contributed by atoms with Gasteiger partial charge in [0.1, 0.15) is 0 Å². The first kappa shape index (κ1) is 6.17. The molecule has 0 radical (unpaired) electrons. The summed E-state index contributed by atoms with van der Waals surface area (Å²) in [6.45, 7) is 1.69. The van der Waals surface area contributed by atoms with Gasteiger partial charge in [-0.3, -0.25) is 10.0 Å². The van der Waals surface area contributed by atoms with Gasteiger partial charge in [-0.1, -0.05) is 6.08 Å². The fourth-order valence-corrected chi connectivity index (χ4v) is 0.189. The van der Waals surface area contributed by atoms with Crippen LogP contribution in [0.5, 0.6) is 0 Å². The number of carbonyl (C=O) groups is 1. The molecule has 0 aromatic carbocycles. The third kappa shape index (κ3) is 2.99. The first-order valence-corrected chi connectivity index (χ1v) is 1.88. The molecule has 1 amide bonds. The van der Waals surface area contributed by atoms with Gasteiger partial charge in [-0.2, -0.15) is 0 Å². The Morgan fingerprint density at radius 2 is 2.43 bits per heavy atom. The van der Waals surface area contributed by atoms with E-state index < -0.39 is 5.91 Å². The smallest absolute Gasteiger partial charge is 0.267 e. The molecule has 0 aliphatic carbocycles. The van der Waals surface area contributed by atoms with E-state index in [4.69, 9.17) is 5.21 Å². The van der Waals surface area contributed by atoms with Crippen molar-refractivity contribution in [3.05, 3.63) is 12.2 Å². The van der Waals surface area contributed by atoms with Gasteiger partial charge in [0.05, 0.1) is 0 Å². The Morgan fingerprint density at radius 3 is 2.57 bits per heavy atom. The molecule has 0 atom stereocenters. The molecule has 0 saturated carbocycles.